The number of nitrogens with zero attached hydrogens (tertiary/aromatic N) is 3. The van der Waals surface area contributed by atoms with E-state index < -0.39 is 4.92 Å². The third-order valence-corrected chi connectivity index (χ3v) is 5.51. The highest BCUT2D eigenvalue weighted by Gasteiger charge is 2.21. The third-order valence-electron chi connectivity index (χ3n) is 4.36. The summed E-state index contributed by atoms with van der Waals surface area (Å²) in [6.45, 7) is 0. The van der Waals surface area contributed by atoms with Gasteiger partial charge in [0.2, 0.25) is 0 Å². The van der Waals surface area contributed by atoms with Gasteiger partial charge in [-0.25, -0.2) is 4.98 Å². The quantitative estimate of drug-likeness (QED) is 0.379. The number of rotatable bonds is 3. The minimum atomic E-state index is -0.439. The molecular weight excluding hydrogens is 346 g/mol. The average Bonchev–Trinajstić information content (AvgIpc) is 3.11. The summed E-state index contributed by atoms with van der Waals surface area (Å²) in [5, 5.41) is 21.0. The smallest absolute Gasteiger partial charge is 0.258 e. The predicted molar refractivity (Wildman–Crippen MR) is 102 cm³/mol. The summed E-state index contributed by atoms with van der Waals surface area (Å²) in [6, 6.07) is 16.6. The highest BCUT2D eigenvalue weighted by atomic mass is 32.1. The molecule has 0 amide bonds. The van der Waals surface area contributed by atoms with E-state index in [1.54, 1.807) is 29.5 Å². The van der Waals surface area contributed by atoms with Crippen molar-refractivity contribution in [2.75, 3.05) is 0 Å². The number of nitro benzene ring substituents is 1. The Hall–Kier alpha value is -3.30. The van der Waals surface area contributed by atoms with Crippen LogP contribution in [0.2, 0.25) is 0 Å². The van der Waals surface area contributed by atoms with Crippen molar-refractivity contribution in [2.24, 2.45) is 0 Å². The van der Waals surface area contributed by atoms with Crippen molar-refractivity contribution in [3.63, 3.8) is 0 Å². The van der Waals surface area contributed by atoms with Crippen molar-refractivity contribution >= 4 is 28.7 Å². The maximum Gasteiger partial charge on any atom is 0.269 e. The van der Waals surface area contributed by atoms with Gasteiger partial charge in [-0.15, -0.1) is 11.3 Å². The molecule has 1 heterocycles. The van der Waals surface area contributed by atoms with E-state index in [2.05, 4.69) is 18.2 Å². The number of nitriles is 1. The van der Waals surface area contributed by atoms with E-state index in [1.807, 2.05) is 12.1 Å². The molecule has 4 rings (SSSR count). The summed E-state index contributed by atoms with van der Waals surface area (Å²) < 4.78 is 0. The number of nitro groups is 1. The van der Waals surface area contributed by atoms with Crippen molar-refractivity contribution < 1.29 is 4.92 Å². The van der Waals surface area contributed by atoms with Gasteiger partial charge in [0.25, 0.3) is 5.69 Å². The van der Waals surface area contributed by atoms with E-state index in [-0.39, 0.29) is 5.69 Å². The number of aryl methyl sites for hydroxylation is 2. The first kappa shape index (κ1) is 16.2. The van der Waals surface area contributed by atoms with E-state index in [9.17, 15) is 15.4 Å². The molecule has 1 aliphatic rings. The van der Waals surface area contributed by atoms with E-state index in [0.717, 1.165) is 29.7 Å². The van der Waals surface area contributed by atoms with Crippen molar-refractivity contribution in [3.05, 3.63) is 79.7 Å². The van der Waals surface area contributed by atoms with Gasteiger partial charge in [0.15, 0.2) is 0 Å². The van der Waals surface area contributed by atoms with Gasteiger partial charge in [0.1, 0.15) is 11.1 Å². The minimum Gasteiger partial charge on any atom is -0.258 e. The van der Waals surface area contributed by atoms with E-state index in [1.165, 1.54) is 22.6 Å². The second kappa shape index (κ2) is 6.54. The van der Waals surface area contributed by atoms with E-state index >= 15 is 0 Å². The average molecular weight is 359 g/mol. The monoisotopic (exact) mass is 359 g/mol. The highest BCUT2D eigenvalue weighted by molar-refractivity contribution is 7.13. The van der Waals surface area contributed by atoms with Gasteiger partial charge in [-0.2, -0.15) is 5.26 Å². The number of allylic oxidation sites excluding steroid dienone is 1. The summed E-state index contributed by atoms with van der Waals surface area (Å²) in [5.41, 5.74) is 4.63. The van der Waals surface area contributed by atoms with Crippen LogP contribution in [0.1, 0.15) is 21.0 Å². The van der Waals surface area contributed by atoms with Crippen LogP contribution in [0.3, 0.4) is 0 Å². The van der Waals surface area contributed by atoms with Crippen LogP contribution in [-0.2, 0) is 12.8 Å². The molecule has 1 aliphatic carbocycles. The molecule has 5 nitrogen and oxygen atoms in total. The van der Waals surface area contributed by atoms with Crippen LogP contribution in [0, 0.1) is 21.4 Å². The first-order valence-corrected chi connectivity index (χ1v) is 8.92. The summed E-state index contributed by atoms with van der Waals surface area (Å²) in [6.07, 6.45) is 3.64. The van der Waals surface area contributed by atoms with Gasteiger partial charge in [-0.1, -0.05) is 24.3 Å². The Bertz CT molecular complexity index is 1080. The zero-order valence-corrected chi connectivity index (χ0v) is 14.5. The standard InChI is InChI=1S/C20H13N3O2S/c21-12-15(11-13-5-8-16(9-6-13)23(24)25)20-22-19-17-4-2-1-3-14(17)7-10-18(19)26-20/h1-6,8-9,11H,7,10H2/b15-11+. The molecule has 0 unspecified atom stereocenters. The summed E-state index contributed by atoms with van der Waals surface area (Å²) in [7, 11) is 0. The third kappa shape index (κ3) is 2.89. The highest BCUT2D eigenvalue weighted by Crippen LogP contribution is 2.38. The lowest BCUT2D eigenvalue weighted by molar-refractivity contribution is -0.384. The van der Waals surface area contributed by atoms with Crippen LogP contribution >= 0.6 is 11.3 Å². The van der Waals surface area contributed by atoms with Crippen LogP contribution in [0.15, 0.2) is 48.5 Å². The number of benzene rings is 2. The summed E-state index contributed by atoms with van der Waals surface area (Å²) in [5.74, 6) is 0. The summed E-state index contributed by atoms with van der Waals surface area (Å²) in [4.78, 5) is 16.2. The molecule has 0 fully saturated rings. The molecular formula is C20H13N3O2S. The number of hydrogen-bond donors (Lipinski definition) is 0. The first-order chi connectivity index (χ1) is 12.7. The van der Waals surface area contributed by atoms with Crippen LogP contribution in [-0.4, -0.2) is 9.91 Å². The van der Waals surface area contributed by atoms with Crippen molar-refractivity contribution in [2.45, 2.75) is 12.8 Å². The maximum atomic E-state index is 10.8. The molecule has 0 spiro atoms. The Kier molecular flexibility index (Phi) is 4.07. The van der Waals surface area contributed by atoms with Crippen molar-refractivity contribution in [3.8, 4) is 17.3 Å². The Labute approximate surface area is 154 Å². The number of aromatic nitrogens is 1. The molecule has 0 aliphatic heterocycles. The lowest BCUT2D eigenvalue weighted by atomic mass is 9.94. The molecule has 0 radical (unpaired) electrons. The normalized spacial score (nSPS) is 12.8. The molecule has 3 aromatic rings. The number of fused-ring (bicyclic) bond motifs is 3. The number of non-ortho nitro benzene ring substituents is 1. The van der Waals surface area contributed by atoms with Crippen LogP contribution in [0.5, 0.6) is 0 Å². The molecule has 126 valence electrons. The van der Waals surface area contributed by atoms with Crippen molar-refractivity contribution in [1.29, 1.82) is 5.26 Å². The molecule has 0 bridgehead atoms. The van der Waals surface area contributed by atoms with Gasteiger partial charge in [-0.3, -0.25) is 10.1 Å². The Balaban J connectivity index is 1.72. The van der Waals surface area contributed by atoms with Crippen LogP contribution in [0.25, 0.3) is 22.9 Å². The Morgan fingerprint density at radius 1 is 1.19 bits per heavy atom. The second-order valence-corrected chi connectivity index (χ2v) is 7.05. The SMILES string of the molecule is N#C/C(=C\c1ccc([N+](=O)[O-])cc1)c1nc2c(s1)CCc1ccccc1-2. The minimum absolute atomic E-state index is 0.0296. The zero-order chi connectivity index (χ0) is 18.1. The van der Waals surface area contributed by atoms with Crippen LogP contribution in [0.4, 0.5) is 5.69 Å². The lowest BCUT2D eigenvalue weighted by Gasteiger charge is -2.13. The topological polar surface area (TPSA) is 79.8 Å². The molecule has 0 N–H and O–H groups in total. The van der Waals surface area contributed by atoms with Gasteiger partial charge in [0.05, 0.1) is 16.2 Å². The largest absolute Gasteiger partial charge is 0.269 e. The molecule has 0 saturated carbocycles. The maximum absolute atomic E-state index is 10.8. The first-order valence-electron chi connectivity index (χ1n) is 8.10. The van der Waals surface area contributed by atoms with Gasteiger partial charge in [-0.05, 0) is 42.2 Å². The van der Waals surface area contributed by atoms with Crippen molar-refractivity contribution in [1.82, 2.24) is 4.98 Å². The fraction of sp³-hybridized carbons (Fsp3) is 0.100. The van der Waals surface area contributed by atoms with E-state index in [4.69, 9.17) is 4.98 Å². The molecule has 2 aromatic carbocycles. The van der Waals surface area contributed by atoms with Gasteiger partial charge >= 0.3 is 0 Å². The van der Waals surface area contributed by atoms with E-state index in [0.29, 0.717) is 10.6 Å². The van der Waals surface area contributed by atoms with Gasteiger partial charge < -0.3 is 0 Å². The van der Waals surface area contributed by atoms with Gasteiger partial charge in [0, 0.05) is 22.6 Å². The predicted octanol–water partition coefficient (Wildman–Crippen LogP) is 4.88. The fourth-order valence-corrected chi connectivity index (χ4v) is 4.11. The number of hydrogen-bond acceptors (Lipinski definition) is 5. The van der Waals surface area contributed by atoms with Crippen LogP contribution < -0.4 is 0 Å². The fourth-order valence-electron chi connectivity index (χ4n) is 3.07. The molecule has 0 saturated heterocycles. The zero-order valence-electron chi connectivity index (χ0n) is 13.7. The Morgan fingerprint density at radius 3 is 2.69 bits per heavy atom. The second-order valence-electron chi connectivity index (χ2n) is 5.97. The summed E-state index contributed by atoms with van der Waals surface area (Å²) >= 11 is 1.55. The molecule has 0 atom stereocenters. The number of thiazole rings is 1. The lowest BCUT2D eigenvalue weighted by Crippen LogP contribution is -2.01. The molecule has 1 aromatic heterocycles. The molecule has 6 heteroatoms. The molecule has 26 heavy (non-hydrogen) atoms. The Morgan fingerprint density at radius 2 is 1.96 bits per heavy atom.